The van der Waals surface area contributed by atoms with Gasteiger partial charge >= 0.3 is 0 Å². The summed E-state index contributed by atoms with van der Waals surface area (Å²) in [6, 6.07) is 3.32. The van der Waals surface area contributed by atoms with Crippen LogP contribution in [0.5, 0.6) is 0 Å². The standard InChI is InChI=1S/C16H19ClFN3O.2ClH/c1-10-12(17)4-5-14-16(10)20-9-21(14)8-11(18)7-13-15(22)3-2-6-19-13;;/h4-5,7,9,13,15,19,22H,2-3,6,8H2,1H3;2*1H/b11-7-;;/t13-,15+;;/m1../s1. The highest BCUT2D eigenvalue weighted by Gasteiger charge is 2.21. The molecule has 2 heterocycles. The van der Waals surface area contributed by atoms with Crippen LogP contribution in [-0.2, 0) is 6.54 Å². The maximum absolute atomic E-state index is 14.3. The van der Waals surface area contributed by atoms with Gasteiger partial charge in [0.2, 0.25) is 0 Å². The first-order chi connectivity index (χ1) is 10.6. The van der Waals surface area contributed by atoms with Crippen molar-refractivity contribution in [3.63, 3.8) is 0 Å². The molecule has 3 rings (SSSR count). The first-order valence-corrected chi connectivity index (χ1v) is 7.81. The van der Waals surface area contributed by atoms with Crippen molar-refractivity contribution < 1.29 is 9.50 Å². The molecule has 0 amide bonds. The summed E-state index contributed by atoms with van der Waals surface area (Å²) in [5, 5.41) is 13.7. The fourth-order valence-electron chi connectivity index (χ4n) is 2.85. The summed E-state index contributed by atoms with van der Waals surface area (Å²) in [4.78, 5) is 4.31. The zero-order chi connectivity index (χ0) is 15.7. The van der Waals surface area contributed by atoms with Crippen LogP contribution < -0.4 is 5.32 Å². The number of allylic oxidation sites excluding steroid dienone is 1. The normalized spacial score (nSPS) is 21.2. The summed E-state index contributed by atoms with van der Waals surface area (Å²) in [5.74, 6) is -0.287. The molecule has 4 nitrogen and oxygen atoms in total. The number of hydrogen-bond acceptors (Lipinski definition) is 3. The Balaban J connectivity index is 0.00000144. The molecule has 1 aromatic carbocycles. The molecule has 0 radical (unpaired) electrons. The summed E-state index contributed by atoms with van der Waals surface area (Å²) in [5.41, 5.74) is 2.53. The molecule has 1 aromatic heterocycles. The second-order valence-electron chi connectivity index (χ2n) is 5.72. The summed E-state index contributed by atoms with van der Waals surface area (Å²) < 4.78 is 16.0. The lowest BCUT2D eigenvalue weighted by molar-refractivity contribution is 0.114. The molecule has 0 saturated carbocycles. The quantitative estimate of drug-likeness (QED) is 0.829. The van der Waals surface area contributed by atoms with E-state index in [1.54, 1.807) is 17.0 Å². The van der Waals surface area contributed by atoms with Gasteiger partial charge in [0, 0.05) is 5.02 Å². The van der Waals surface area contributed by atoms with Crippen LogP contribution in [0.3, 0.4) is 0 Å². The number of nitrogens with zero attached hydrogens (tertiary/aromatic N) is 2. The van der Waals surface area contributed by atoms with Crippen LogP contribution in [0.2, 0.25) is 5.02 Å². The lowest BCUT2D eigenvalue weighted by Gasteiger charge is -2.26. The van der Waals surface area contributed by atoms with Crippen LogP contribution in [0.25, 0.3) is 11.0 Å². The van der Waals surface area contributed by atoms with Gasteiger partial charge in [-0.05, 0) is 50.1 Å². The van der Waals surface area contributed by atoms with E-state index < -0.39 is 6.10 Å². The van der Waals surface area contributed by atoms with Gasteiger partial charge in [-0.15, -0.1) is 24.8 Å². The SMILES string of the molecule is Cc1c(Cl)ccc2c1ncn2C/C(F)=C/[C@H]1NCCC[C@@H]1O.Cl.Cl. The number of aryl methyl sites for hydroxylation is 1. The fourth-order valence-corrected chi connectivity index (χ4v) is 3.00. The zero-order valence-corrected chi connectivity index (χ0v) is 15.6. The van der Waals surface area contributed by atoms with Gasteiger partial charge in [0.25, 0.3) is 0 Å². The number of halogens is 4. The Labute approximate surface area is 157 Å². The average Bonchev–Trinajstić information content (AvgIpc) is 2.89. The minimum atomic E-state index is -0.528. The Morgan fingerprint density at radius 3 is 2.96 bits per heavy atom. The van der Waals surface area contributed by atoms with Gasteiger partial charge in [-0.2, -0.15) is 0 Å². The van der Waals surface area contributed by atoms with Gasteiger partial charge in [0.15, 0.2) is 0 Å². The number of fused-ring (bicyclic) bond motifs is 1. The average molecular weight is 397 g/mol. The van der Waals surface area contributed by atoms with Crippen molar-refractivity contribution >= 4 is 47.4 Å². The molecule has 2 N–H and O–H groups in total. The van der Waals surface area contributed by atoms with E-state index in [2.05, 4.69) is 10.3 Å². The molecule has 0 bridgehead atoms. The molecule has 24 heavy (non-hydrogen) atoms. The number of hydrogen-bond donors (Lipinski definition) is 2. The smallest absolute Gasteiger partial charge is 0.117 e. The molecular formula is C16H21Cl3FN3O. The van der Waals surface area contributed by atoms with Crippen molar-refractivity contribution in [3.8, 4) is 0 Å². The number of rotatable bonds is 3. The largest absolute Gasteiger partial charge is 0.391 e. The number of aliphatic hydroxyl groups excluding tert-OH is 1. The van der Waals surface area contributed by atoms with Crippen molar-refractivity contribution in [2.75, 3.05) is 6.54 Å². The molecule has 1 fully saturated rings. The second kappa shape index (κ2) is 9.02. The number of benzene rings is 1. The summed E-state index contributed by atoms with van der Waals surface area (Å²) in [6.45, 7) is 2.80. The van der Waals surface area contributed by atoms with Gasteiger partial charge in [-0.1, -0.05) is 11.6 Å². The van der Waals surface area contributed by atoms with Crippen LogP contribution in [-0.4, -0.2) is 33.3 Å². The van der Waals surface area contributed by atoms with Crippen molar-refractivity contribution in [1.29, 1.82) is 0 Å². The molecular weight excluding hydrogens is 376 g/mol. The third kappa shape index (κ3) is 4.41. The fraction of sp³-hybridized carbons (Fsp3) is 0.438. The van der Waals surface area contributed by atoms with Gasteiger partial charge in [0.05, 0.1) is 36.1 Å². The van der Waals surface area contributed by atoms with Gasteiger partial charge in [-0.3, -0.25) is 0 Å². The van der Waals surface area contributed by atoms with E-state index in [9.17, 15) is 9.50 Å². The van der Waals surface area contributed by atoms with E-state index in [4.69, 9.17) is 11.6 Å². The minimum Gasteiger partial charge on any atom is -0.391 e. The highest BCUT2D eigenvalue weighted by molar-refractivity contribution is 6.32. The Morgan fingerprint density at radius 2 is 2.25 bits per heavy atom. The van der Waals surface area contributed by atoms with Crippen LogP contribution in [0, 0.1) is 6.92 Å². The monoisotopic (exact) mass is 395 g/mol. The lowest BCUT2D eigenvalue weighted by atomic mass is 10.0. The topological polar surface area (TPSA) is 50.1 Å². The van der Waals surface area contributed by atoms with Crippen LogP contribution in [0.1, 0.15) is 18.4 Å². The number of piperidine rings is 1. The van der Waals surface area contributed by atoms with E-state index in [1.807, 2.05) is 13.0 Å². The third-order valence-electron chi connectivity index (χ3n) is 4.13. The van der Waals surface area contributed by atoms with Gasteiger partial charge in [-0.25, -0.2) is 9.37 Å². The predicted octanol–water partition coefficient (Wildman–Crippen LogP) is 3.81. The van der Waals surface area contributed by atoms with Crippen molar-refractivity contribution in [3.05, 3.63) is 40.9 Å². The molecule has 0 spiro atoms. The van der Waals surface area contributed by atoms with E-state index >= 15 is 0 Å². The minimum absolute atomic E-state index is 0. The van der Waals surface area contributed by atoms with E-state index in [1.165, 1.54) is 6.08 Å². The Hall–Kier alpha value is -0.850. The first kappa shape index (κ1) is 21.2. The molecule has 134 valence electrons. The van der Waals surface area contributed by atoms with E-state index in [0.29, 0.717) is 11.4 Å². The maximum atomic E-state index is 14.3. The maximum Gasteiger partial charge on any atom is 0.117 e. The lowest BCUT2D eigenvalue weighted by Crippen LogP contribution is -2.43. The summed E-state index contributed by atoms with van der Waals surface area (Å²) in [7, 11) is 0. The van der Waals surface area contributed by atoms with Crippen molar-refractivity contribution in [2.45, 2.75) is 38.5 Å². The molecule has 2 aromatic rings. The van der Waals surface area contributed by atoms with Crippen molar-refractivity contribution in [2.24, 2.45) is 0 Å². The molecule has 0 unspecified atom stereocenters. The third-order valence-corrected chi connectivity index (χ3v) is 4.54. The van der Waals surface area contributed by atoms with Gasteiger partial charge < -0.3 is 15.0 Å². The molecule has 8 heteroatoms. The Bertz CT molecular complexity index is 720. The zero-order valence-electron chi connectivity index (χ0n) is 13.2. The number of aromatic nitrogens is 2. The molecule has 1 saturated heterocycles. The Morgan fingerprint density at radius 1 is 1.50 bits per heavy atom. The number of imidazole rings is 1. The van der Waals surface area contributed by atoms with Gasteiger partial charge in [0.1, 0.15) is 5.83 Å². The van der Waals surface area contributed by atoms with E-state index in [0.717, 1.165) is 29.6 Å². The predicted molar refractivity (Wildman–Crippen MR) is 100 cm³/mol. The van der Waals surface area contributed by atoms with Crippen LogP contribution >= 0.6 is 36.4 Å². The highest BCUT2D eigenvalue weighted by Crippen LogP contribution is 2.25. The first-order valence-electron chi connectivity index (χ1n) is 7.44. The number of aliphatic hydroxyl groups is 1. The molecule has 0 aliphatic carbocycles. The molecule has 1 aliphatic rings. The van der Waals surface area contributed by atoms with Crippen LogP contribution in [0.15, 0.2) is 30.4 Å². The van der Waals surface area contributed by atoms with Crippen molar-refractivity contribution in [1.82, 2.24) is 14.9 Å². The highest BCUT2D eigenvalue weighted by atomic mass is 35.5. The summed E-state index contributed by atoms with van der Waals surface area (Å²) >= 11 is 6.08. The number of nitrogens with one attached hydrogen (secondary N) is 1. The molecule has 2 atom stereocenters. The molecule has 1 aliphatic heterocycles. The second-order valence-corrected chi connectivity index (χ2v) is 6.12. The van der Waals surface area contributed by atoms with Crippen LogP contribution in [0.4, 0.5) is 4.39 Å². The van der Waals surface area contributed by atoms with E-state index in [-0.39, 0.29) is 43.2 Å². The summed E-state index contributed by atoms with van der Waals surface area (Å²) in [6.07, 6.45) is 4.18. The Kier molecular flexibility index (Phi) is 7.96.